The molecule has 0 fully saturated rings. The monoisotopic (exact) mass is 315 g/mol. The molecular weight excluding hydrogens is 302 g/mol. The number of hydrogen-bond acceptors (Lipinski definition) is 3. The van der Waals surface area contributed by atoms with E-state index >= 15 is 0 Å². The van der Waals surface area contributed by atoms with Crippen LogP contribution in [0.15, 0.2) is 48.0 Å². The summed E-state index contributed by atoms with van der Waals surface area (Å²) in [6, 6.07) is 12.5. The van der Waals surface area contributed by atoms with E-state index in [9.17, 15) is 4.79 Å². The Morgan fingerprint density at radius 2 is 2.14 bits per heavy atom. The zero-order valence-corrected chi connectivity index (χ0v) is 12.7. The van der Waals surface area contributed by atoms with Gasteiger partial charge in [0.2, 0.25) is 0 Å². The van der Waals surface area contributed by atoms with E-state index in [0.717, 1.165) is 17.1 Å². The maximum Gasteiger partial charge on any atom is 0.255 e. The largest absolute Gasteiger partial charge is 0.497 e. The normalized spacial score (nSPS) is 12.7. The molecule has 5 heteroatoms. The fourth-order valence-electron chi connectivity index (χ4n) is 2.19. The van der Waals surface area contributed by atoms with Gasteiger partial charge in [-0.2, -0.15) is 0 Å². The van der Waals surface area contributed by atoms with Crippen LogP contribution < -0.4 is 14.8 Å². The van der Waals surface area contributed by atoms with Gasteiger partial charge in [-0.1, -0.05) is 17.7 Å². The maximum absolute atomic E-state index is 12.3. The first-order chi connectivity index (χ1) is 10.7. The zero-order chi connectivity index (χ0) is 15.5. The van der Waals surface area contributed by atoms with Crippen LogP contribution in [0.25, 0.3) is 6.08 Å². The average Bonchev–Trinajstić information content (AvgIpc) is 2.53. The quantitative estimate of drug-likeness (QED) is 0.938. The van der Waals surface area contributed by atoms with Gasteiger partial charge >= 0.3 is 0 Å². The molecule has 0 radical (unpaired) electrons. The van der Waals surface area contributed by atoms with Crippen LogP contribution in [-0.4, -0.2) is 19.6 Å². The summed E-state index contributed by atoms with van der Waals surface area (Å²) < 4.78 is 10.8. The minimum absolute atomic E-state index is 0.212. The van der Waals surface area contributed by atoms with Gasteiger partial charge in [-0.25, -0.2) is 0 Å². The second-order valence-electron chi connectivity index (χ2n) is 4.83. The Kier molecular flexibility index (Phi) is 4.02. The summed E-state index contributed by atoms with van der Waals surface area (Å²) in [5.74, 6) is 1.24. The van der Waals surface area contributed by atoms with E-state index in [1.165, 1.54) is 0 Å². The van der Waals surface area contributed by atoms with E-state index in [-0.39, 0.29) is 12.5 Å². The van der Waals surface area contributed by atoms with Crippen LogP contribution in [0.4, 0.5) is 5.69 Å². The van der Waals surface area contributed by atoms with Gasteiger partial charge in [0.25, 0.3) is 5.91 Å². The van der Waals surface area contributed by atoms with Crippen molar-refractivity contribution in [1.29, 1.82) is 0 Å². The van der Waals surface area contributed by atoms with Crippen molar-refractivity contribution in [2.45, 2.75) is 0 Å². The minimum atomic E-state index is -0.212. The lowest BCUT2D eigenvalue weighted by Crippen LogP contribution is -2.21. The predicted molar refractivity (Wildman–Crippen MR) is 86.5 cm³/mol. The van der Waals surface area contributed by atoms with Crippen LogP contribution in [0.1, 0.15) is 5.56 Å². The molecule has 4 nitrogen and oxygen atoms in total. The number of rotatable bonds is 3. The number of anilines is 1. The molecule has 0 bridgehead atoms. The average molecular weight is 316 g/mol. The van der Waals surface area contributed by atoms with Gasteiger partial charge in [-0.3, -0.25) is 4.79 Å². The first-order valence-corrected chi connectivity index (χ1v) is 7.12. The van der Waals surface area contributed by atoms with E-state index in [4.69, 9.17) is 21.1 Å². The third kappa shape index (κ3) is 3.07. The van der Waals surface area contributed by atoms with Crippen LogP contribution in [0.3, 0.4) is 0 Å². The number of methoxy groups -OCH3 is 1. The number of hydrogen-bond donors (Lipinski definition) is 1. The second kappa shape index (κ2) is 6.12. The van der Waals surface area contributed by atoms with Crippen molar-refractivity contribution in [3.63, 3.8) is 0 Å². The SMILES string of the molecule is COc1ccc2c(c1)C=C(C(=O)Nc1cccc(Cl)c1)CO2. The number of benzene rings is 2. The standard InChI is InChI=1S/C17H14ClNO3/c1-21-15-5-6-16-11(8-15)7-12(10-22-16)17(20)19-14-4-2-3-13(18)9-14/h2-9H,10H2,1H3,(H,19,20). The summed E-state index contributed by atoms with van der Waals surface area (Å²) in [4.78, 5) is 12.3. The van der Waals surface area contributed by atoms with Gasteiger partial charge in [0.15, 0.2) is 0 Å². The summed E-state index contributed by atoms with van der Waals surface area (Å²) in [5.41, 5.74) is 2.01. The fourth-order valence-corrected chi connectivity index (χ4v) is 2.38. The molecule has 2 aromatic carbocycles. The Bertz CT molecular complexity index is 755. The first kappa shape index (κ1) is 14.5. The number of halogens is 1. The molecule has 1 amide bonds. The molecule has 112 valence electrons. The lowest BCUT2D eigenvalue weighted by molar-refractivity contribution is -0.113. The molecule has 0 saturated carbocycles. The number of amides is 1. The van der Waals surface area contributed by atoms with E-state index in [0.29, 0.717) is 16.3 Å². The smallest absolute Gasteiger partial charge is 0.255 e. The van der Waals surface area contributed by atoms with Crippen LogP contribution in [0.2, 0.25) is 5.02 Å². The number of carbonyl (C=O) groups excluding carboxylic acids is 1. The number of fused-ring (bicyclic) bond motifs is 1. The summed E-state index contributed by atoms with van der Waals surface area (Å²) in [7, 11) is 1.60. The topological polar surface area (TPSA) is 47.6 Å². The second-order valence-corrected chi connectivity index (χ2v) is 5.26. The van der Waals surface area contributed by atoms with Gasteiger partial charge in [-0.05, 0) is 42.5 Å². The minimum Gasteiger partial charge on any atom is -0.497 e. The Balaban J connectivity index is 1.82. The molecule has 1 aliphatic heterocycles. The van der Waals surface area contributed by atoms with Gasteiger partial charge in [-0.15, -0.1) is 0 Å². The van der Waals surface area contributed by atoms with Crippen LogP contribution in [-0.2, 0) is 4.79 Å². The van der Waals surface area contributed by atoms with E-state index < -0.39 is 0 Å². The molecule has 1 aliphatic rings. The molecule has 1 heterocycles. The lowest BCUT2D eigenvalue weighted by Gasteiger charge is -2.18. The van der Waals surface area contributed by atoms with Gasteiger partial charge < -0.3 is 14.8 Å². The Labute approximate surface area is 133 Å². The van der Waals surface area contributed by atoms with Crippen molar-refractivity contribution in [1.82, 2.24) is 0 Å². The Hall–Kier alpha value is -2.46. The van der Waals surface area contributed by atoms with E-state index in [1.807, 2.05) is 18.2 Å². The summed E-state index contributed by atoms with van der Waals surface area (Å²) >= 11 is 5.91. The highest BCUT2D eigenvalue weighted by molar-refractivity contribution is 6.31. The van der Waals surface area contributed by atoms with Crippen LogP contribution in [0.5, 0.6) is 11.5 Å². The third-order valence-electron chi connectivity index (χ3n) is 3.30. The molecule has 1 N–H and O–H groups in total. The van der Waals surface area contributed by atoms with Crippen LogP contribution >= 0.6 is 11.6 Å². The summed E-state index contributed by atoms with van der Waals surface area (Å²) in [6.07, 6.45) is 1.81. The molecular formula is C17H14ClNO3. The molecule has 22 heavy (non-hydrogen) atoms. The molecule has 0 aromatic heterocycles. The highest BCUT2D eigenvalue weighted by Gasteiger charge is 2.18. The fraction of sp³-hybridized carbons (Fsp3) is 0.118. The van der Waals surface area contributed by atoms with Crippen molar-refractivity contribution >= 4 is 29.3 Å². The van der Waals surface area contributed by atoms with Gasteiger partial charge in [0, 0.05) is 16.3 Å². The lowest BCUT2D eigenvalue weighted by atomic mass is 10.1. The number of ether oxygens (including phenoxy) is 2. The summed E-state index contributed by atoms with van der Waals surface area (Å²) in [6.45, 7) is 0.228. The van der Waals surface area contributed by atoms with Crippen molar-refractivity contribution < 1.29 is 14.3 Å². The molecule has 0 saturated heterocycles. The highest BCUT2D eigenvalue weighted by atomic mass is 35.5. The summed E-state index contributed by atoms with van der Waals surface area (Å²) in [5, 5.41) is 3.38. The Morgan fingerprint density at radius 1 is 1.27 bits per heavy atom. The molecule has 0 spiro atoms. The number of nitrogens with one attached hydrogen (secondary N) is 1. The molecule has 2 aromatic rings. The zero-order valence-electron chi connectivity index (χ0n) is 11.9. The molecule has 0 unspecified atom stereocenters. The van der Waals surface area contributed by atoms with Gasteiger partial charge in [0.1, 0.15) is 18.1 Å². The first-order valence-electron chi connectivity index (χ1n) is 6.74. The van der Waals surface area contributed by atoms with Crippen molar-refractivity contribution in [3.8, 4) is 11.5 Å². The molecule has 0 aliphatic carbocycles. The third-order valence-corrected chi connectivity index (χ3v) is 3.54. The van der Waals surface area contributed by atoms with Gasteiger partial charge in [0.05, 0.1) is 12.7 Å². The molecule has 3 rings (SSSR count). The highest BCUT2D eigenvalue weighted by Crippen LogP contribution is 2.30. The van der Waals surface area contributed by atoms with Crippen molar-refractivity contribution in [3.05, 3.63) is 58.6 Å². The van der Waals surface area contributed by atoms with Crippen LogP contribution in [0, 0.1) is 0 Å². The number of carbonyl (C=O) groups is 1. The maximum atomic E-state index is 12.3. The van der Waals surface area contributed by atoms with Crippen molar-refractivity contribution in [2.75, 3.05) is 19.0 Å². The van der Waals surface area contributed by atoms with E-state index in [2.05, 4.69) is 5.32 Å². The molecule has 0 atom stereocenters. The van der Waals surface area contributed by atoms with E-state index in [1.54, 1.807) is 37.5 Å². The predicted octanol–water partition coefficient (Wildman–Crippen LogP) is 3.76. The van der Waals surface area contributed by atoms with Crippen molar-refractivity contribution in [2.24, 2.45) is 0 Å². The Morgan fingerprint density at radius 3 is 2.91 bits per heavy atom.